The van der Waals surface area contributed by atoms with E-state index in [1.807, 2.05) is 17.6 Å². The summed E-state index contributed by atoms with van der Waals surface area (Å²) in [6, 6.07) is 8.42. The fourth-order valence-corrected chi connectivity index (χ4v) is 3.73. The van der Waals surface area contributed by atoms with Gasteiger partial charge in [-0.1, -0.05) is 28.1 Å². The van der Waals surface area contributed by atoms with Crippen LogP contribution in [0.2, 0.25) is 0 Å². The first kappa shape index (κ1) is 14.1. The van der Waals surface area contributed by atoms with E-state index < -0.39 is 0 Å². The molecule has 0 aliphatic heterocycles. The van der Waals surface area contributed by atoms with Crippen LogP contribution < -0.4 is 0 Å². The van der Waals surface area contributed by atoms with Gasteiger partial charge in [-0.25, -0.2) is 4.98 Å². The first-order valence-corrected chi connectivity index (χ1v) is 8.67. The number of imidazole rings is 1. The number of alkyl halides is 1. The molecule has 0 saturated carbocycles. The molecule has 0 fully saturated rings. The zero-order valence-corrected chi connectivity index (χ0v) is 14.0. The van der Waals surface area contributed by atoms with Crippen LogP contribution in [0.25, 0.3) is 4.96 Å². The van der Waals surface area contributed by atoms with Gasteiger partial charge in [-0.15, -0.1) is 22.9 Å². The predicted octanol–water partition coefficient (Wildman–Crippen LogP) is 4.80. The van der Waals surface area contributed by atoms with Crippen LogP contribution in [0.4, 0.5) is 0 Å². The molecule has 0 radical (unpaired) electrons. The molecule has 3 aromatic rings. The average Bonchev–Trinajstić information content (AvgIpc) is 2.98. The summed E-state index contributed by atoms with van der Waals surface area (Å²) in [7, 11) is 0. The third kappa shape index (κ3) is 3.25. The first-order valence-electron chi connectivity index (χ1n) is 6.46. The predicted molar refractivity (Wildman–Crippen MR) is 88.8 cm³/mol. The summed E-state index contributed by atoms with van der Waals surface area (Å²) in [6.07, 6.45) is 6.05. The van der Waals surface area contributed by atoms with Gasteiger partial charge in [0.25, 0.3) is 0 Å². The van der Waals surface area contributed by atoms with Crippen LogP contribution >= 0.6 is 38.9 Å². The summed E-state index contributed by atoms with van der Waals surface area (Å²) < 4.78 is 3.19. The van der Waals surface area contributed by atoms with Crippen LogP contribution in [0.5, 0.6) is 0 Å². The van der Waals surface area contributed by atoms with E-state index in [1.54, 1.807) is 11.3 Å². The Morgan fingerprint density at radius 2 is 2.25 bits per heavy atom. The third-order valence-electron chi connectivity index (χ3n) is 3.27. The summed E-state index contributed by atoms with van der Waals surface area (Å²) >= 11 is 11.3. The molecule has 1 unspecified atom stereocenters. The highest BCUT2D eigenvalue weighted by atomic mass is 79.9. The smallest absolute Gasteiger partial charge is 0.193 e. The molecule has 0 spiro atoms. The maximum absolute atomic E-state index is 6.14. The fraction of sp³-hybridized carbons (Fsp3) is 0.267. The molecule has 1 aromatic carbocycles. The Bertz CT molecular complexity index is 678. The molecule has 5 heteroatoms. The van der Waals surface area contributed by atoms with Crippen molar-refractivity contribution in [3.8, 4) is 0 Å². The summed E-state index contributed by atoms with van der Waals surface area (Å²) in [5, 5.41) is 2.05. The van der Waals surface area contributed by atoms with Gasteiger partial charge in [0.2, 0.25) is 0 Å². The number of halogens is 2. The van der Waals surface area contributed by atoms with Gasteiger partial charge in [0.05, 0.1) is 5.69 Å². The van der Waals surface area contributed by atoms with E-state index >= 15 is 0 Å². The lowest BCUT2D eigenvalue weighted by molar-refractivity contribution is 0.577. The van der Waals surface area contributed by atoms with Crippen LogP contribution in [0.15, 0.2) is 46.5 Å². The molecule has 0 amide bonds. The van der Waals surface area contributed by atoms with E-state index in [2.05, 4.69) is 49.7 Å². The molecule has 2 aromatic heterocycles. The molecule has 0 aliphatic rings. The number of rotatable bonds is 5. The monoisotopic (exact) mass is 368 g/mol. The second kappa shape index (κ2) is 6.29. The first-order chi connectivity index (χ1) is 9.74. The van der Waals surface area contributed by atoms with E-state index in [-0.39, 0.29) is 0 Å². The lowest BCUT2D eigenvalue weighted by Crippen LogP contribution is -2.10. The molecule has 2 heterocycles. The highest BCUT2D eigenvalue weighted by Crippen LogP contribution is 2.20. The number of fused-ring (bicyclic) bond motifs is 1. The second-order valence-corrected chi connectivity index (χ2v) is 6.98. The largest absolute Gasteiger partial charge is 0.297 e. The van der Waals surface area contributed by atoms with Crippen LogP contribution in [-0.4, -0.2) is 15.3 Å². The van der Waals surface area contributed by atoms with Crippen molar-refractivity contribution >= 4 is 43.8 Å². The Balaban J connectivity index is 1.72. The highest BCUT2D eigenvalue weighted by Gasteiger charge is 2.13. The molecule has 0 aliphatic carbocycles. The Labute approximate surface area is 135 Å². The zero-order valence-electron chi connectivity index (χ0n) is 10.8. The minimum Gasteiger partial charge on any atom is -0.297 e. The molecule has 2 nitrogen and oxygen atoms in total. The van der Waals surface area contributed by atoms with Crippen LogP contribution in [0.1, 0.15) is 11.3 Å². The molecule has 1 atom stereocenters. The number of nitrogens with zero attached hydrogens (tertiary/aromatic N) is 2. The van der Waals surface area contributed by atoms with Gasteiger partial charge in [-0.3, -0.25) is 4.40 Å². The molecular formula is C15H14BrClN2S. The molecular weight excluding hydrogens is 356 g/mol. The maximum atomic E-state index is 6.14. The number of thiazole rings is 1. The summed E-state index contributed by atoms with van der Waals surface area (Å²) in [5.74, 6) is 1.06. The number of benzene rings is 1. The van der Waals surface area contributed by atoms with E-state index in [1.165, 1.54) is 5.56 Å². The third-order valence-corrected chi connectivity index (χ3v) is 4.97. The normalized spacial score (nSPS) is 12.9. The Morgan fingerprint density at radius 1 is 1.35 bits per heavy atom. The number of aromatic nitrogens is 2. The molecule has 0 N–H and O–H groups in total. The SMILES string of the molecule is ClCC(Cc1cccc(Br)c1)Cc1cn2ccsc2n1. The standard InChI is InChI=1S/C15H14BrClN2S/c16-13-3-1-2-11(7-13)6-12(9-17)8-14-10-19-4-5-20-15(19)18-14/h1-5,7,10,12H,6,8-9H2. The van der Waals surface area contributed by atoms with Crippen molar-refractivity contribution in [3.05, 3.63) is 57.8 Å². The quantitative estimate of drug-likeness (QED) is 0.591. The van der Waals surface area contributed by atoms with Crippen molar-refractivity contribution in [2.75, 3.05) is 5.88 Å². The topological polar surface area (TPSA) is 17.3 Å². The maximum Gasteiger partial charge on any atom is 0.193 e. The van der Waals surface area contributed by atoms with Gasteiger partial charge in [-0.2, -0.15) is 0 Å². The summed E-state index contributed by atoms with van der Waals surface area (Å²) in [5.41, 5.74) is 2.43. The minimum absolute atomic E-state index is 0.413. The second-order valence-electron chi connectivity index (χ2n) is 4.88. The summed E-state index contributed by atoms with van der Waals surface area (Å²) in [4.78, 5) is 5.68. The van der Waals surface area contributed by atoms with Crippen molar-refractivity contribution in [3.63, 3.8) is 0 Å². The van der Waals surface area contributed by atoms with Gasteiger partial charge < -0.3 is 0 Å². The zero-order chi connectivity index (χ0) is 13.9. The van der Waals surface area contributed by atoms with Gasteiger partial charge in [-0.05, 0) is 36.5 Å². The van der Waals surface area contributed by atoms with Crippen molar-refractivity contribution < 1.29 is 0 Å². The van der Waals surface area contributed by atoms with Crippen molar-refractivity contribution in [1.29, 1.82) is 0 Å². The fourth-order valence-electron chi connectivity index (χ4n) is 2.35. The summed E-state index contributed by atoms with van der Waals surface area (Å²) in [6.45, 7) is 0. The molecule has 104 valence electrons. The lowest BCUT2D eigenvalue weighted by atomic mass is 9.97. The molecule has 3 rings (SSSR count). The molecule has 20 heavy (non-hydrogen) atoms. The van der Waals surface area contributed by atoms with E-state index in [0.717, 1.165) is 28.0 Å². The van der Waals surface area contributed by atoms with E-state index in [4.69, 9.17) is 11.6 Å². The van der Waals surface area contributed by atoms with Crippen molar-refractivity contribution in [2.24, 2.45) is 5.92 Å². The molecule has 0 saturated heterocycles. The van der Waals surface area contributed by atoms with Gasteiger partial charge in [0, 0.05) is 28.1 Å². The highest BCUT2D eigenvalue weighted by molar-refractivity contribution is 9.10. The van der Waals surface area contributed by atoms with Gasteiger partial charge >= 0.3 is 0 Å². The Morgan fingerprint density at radius 3 is 3.00 bits per heavy atom. The van der Waals surface area contributed by atoms with Gasteiger partial charge in [0.1, 0.15) is 0 Å². The van der Waals surface area contributed by atoms with Crippen molar-refractivity contribution in [1.82, 2.24) is 9.38 Å². The van der Waals surface area contributed by atoms with Crippen LogP contribution in [-0.2, 0) is 12.8 Å². The van der Waals surface area contributed by atoms with Crippen LogP contribution in [0.3, 0.4) is 0 Å². The number of hydrogen-bond donors (Lipinski definition) is 0. The lowest BCUT2D eigenvalue weighted by Gasteiger charge is -2.12. The molecule has 0 bridgehead atoms. The minimum atomic E-state index is 0.413. The van der Waals surface area contributed by atoms with Crippen molar-refractivity contribution in [2.45, 2.75) is 12.8 Å². The Hall–Kier alpha value is -0.840. The van der Waals surface area contributed by atoms with E-state index in [9.17, 15) is 0 Å². The number of hydrogen-bond acceptors (Lipinski definition) is 2. The van der Waals surface area contributed by atoms with Gasteiger partial charge in [0.15, 0.2) is 4.96 Å². The Kier molecular flexibility index (Phi) is 4.44. The van der Waals surface area contributed by atoms with Crippen LogP contribution in [0, 0.1) is 5.92 Å². The van der Waals surface area contributed by atoms with E-state index in [0.29, 0.717) is 11.8 Å². The average molecular weight is 370 g/mol.